The maximum Gasteiger partial charge on any atom is 0.191 e. The first-order valence-electron chi connectivity index (χ1n) is 9.37. The van der Waals surface area contributed by atoms with Gasteiger partial charge in [-0.25, -0.2) is 4.39 Å². The van der Waals surface area contributed by atoms with Gasteiger partial charge >= 0.3 is 0 Å². The highest BCUT2D eigenvalue weighted by molar-refractivity contribution is 5.80. The van der Waals surface area contributed by atoms with Gasteiger partial charge in [0.15, 0.2) is 5.96 Å². The lowest BCUT2D eigenvalue weighted by Crippen LogP contribution is -2.47. The summed E-state index contributed by atoms with van der Waals surface area (Å²) >= 11 is 0. The third-order valence-corrected chi connectivity index (χ3v) is 5.08. The first-order valence-corrected chi connectivity index (χ1v) is 9.37. The monoisotopic (exact) mass is 373 g/mol. The molecule has 1 atom stereocenters. The molecule has 6 heteroatoms. The van der Waals surface area contributed by atoms with Crippen molar-refractivity contribution in [3.63, 3.8) is 0 Å². The Balaban J connectivity index is 1.98. The molecule has 0 amide bonds. The van der Waals surface area contributed by atoms with Crippen LogP contribution < -0.4 is 10.6 Å². The van der Waals surface area contributed by atoms with Crippen LogP contribution in [0.3, 0.4) is 0 Å². The van der Waals surface area contributed by atoms with E-state index in [1.165, 1.54) is 17.3 Å². The number of hydrogen-bond donors (Lipinski definition) is 2. The van der Waals surface area contributed by atoms with Gasteiger partial charge in [-0.3, -0.25) is 9.67 Å². The van der Waals surface area contributed by atoms with Crippen LogP contribution >= 0.6 is 0 Å². The normalized spacial score (nSPS) is 13.6. The summed E-state index contributed by atoms with van der Waals surface area (Å²) in [6, 6.07) is 7.12. The Hall–Kier alpha value is -2.37. The lowest BCUT2D eigenvalue weighted by molar-refractivity contribution is 0.471. The predicted octanol–water partition coefficient (Wildman–Crippen LogP) is 3.25. The summed E-state index contributed by atoms with van der Waals surface area (Å²) in [5.74, 6) is 0.536. The molecule has 1 aromatic carbocycles. The highest BCUT2D eigenvalue weighted by Gasteiger charge is 2.24. The highest BCUT2D eigenvalue weighted by Crippen LogP contribution is 2.24. The van der Waals surface area contributed by atoms with E-state index < -0.39 is 0 Å². The van der Waals surface area contributed by atoms with Crippen molar-refractivity contribution in [1.82, 2.24) is 20.4 Å². The van der Waals surface area contributed by atoms with Crippen molar-refractivity contribution in [3.05, 3.63) is 52.6 Å². The second-order valence-corrected chi connectivity index (χ2v) is 7.81. The third-order valence-electron chi connectivity index (χ3n) is 5.08. The number of nitrogens with zero attached hydrogens (tertiary/aromatic N) is 3. The van der Waals surface area contributed by atoms with Crippen molar-refractivity contribution in [1.29, 1.82) is 0 Å². The van der Waals surface area contributed by atoms with E-state index in [4.69, 9.17) is 0 Å². The number of aromatic nitrogens is 2. The van der Waals surface area contributed by atoms with Gasteiger partial charge in [0.25, 0.3) is 0 Å². The summed E-state index contributed by atoms with van der Waals surface area (Å²) in [6.07, 6.45) is 0.864. The van der Waals surface area contributed by atoms with E-state index in [0.29, 0.717) is 18.1 Å². The molecule has 0 radical (unpaired) electrons. The predicted molar refractivity (Wildman–Crippen MR) is 110 cm³/mol. The van der Waals surface area contributed by atoms with Gasteiger partial charge in [0.1, 0.15) is 5.82 Å². The standard InChI is InChI=1S/C21H32FN5/c1-14(12-17-15(2)26-27(7)16(17)3)25-20(23-6)24-13-21(4,5)18-10-8-9-11-19(18)22/h8-11,14H,12-13H2,1-7H3,(H2,23,24,25). The number of halogens is 1. The van der Waals surface area contributed by atoms with Crippen LogP contribution in [0.15, 0.2) is 29.3 Å². The molecule has 0 aliphatic heterocycles. The molecule has 27 heavy (non-hydrogen) atoms. The summed E-state index contributed by atoms with van der Waals surface area (Å²) in [6.45, 7) is 10.9. The minimum atomic E-state index is -0.358. The molecule has 2 N–H and O–H groups in total. The Morgan fingerprint density at radius 1 is 1.30 bits per heavy atom. The minimum absolute atomic E-state index is 0.178. The maximum absolute atomic E-state index is 14.1. The number of aryl methyl sites for hydroxylation is 2. The molecule has 0 fully saturated rings. The molecule has 0 bridgehead atoms. The summed E-state index contributed by atoms with van der Waals surface area (Å²) in [5.41, 5.74) is 3.85. The van der Waals surface area contributed by atoms with Crippen LogP contribution in [0.2, 0.25) is 0 Å². The van der Waals surface area contributed by atoms with Gasteiger partial charge in [-0.15, -0.1) is 0 Å². The molecule has 2 aromatic rings. The van der Waals surface area contributed by atoms with Gasteiger partial charge in [-0.2, -0.15) is 5.10 Å². The topological polar surface area (TPSA) is 54.2 Å². The van der Waals surface area contributed by atoms with E-state index in [1.54, 1.807) is 13.1 Å². The second-order valence-electron chi connectivity index (χ2n) is 7.81. The molecule has 0 saturated carbocycles. The molecular weight excluding hydrogens is 341 g/mol. The lowest BCUT2D eigenvalue weighted by Gasteiger charge is -2.28. The third kappa shape index (κ3) is 5.08. The molecule has 1 aromatic heterocycles. The average Bonchev–Trinajstić information content (AvgIpc) is 2.85. The van der Waals surface area contributed by atoms with Gasteiger partial charge in [-0.1, -0.05) is 32.0 Å². The van der Waals surface area contributed by atoms with E-state index in [0.717, 1.165) is 12.1 Å². The van der Waals surface area contributed by atoms with Gasteiger partial charge in [-0.05, 0) is 44.4 Å². The number of guanidine groups is 1. The molecular formula is C21H32FN5. The first-order chi connectivity index (χ1) is 12.7. The summed E-state index contributed by atoms with van der Waals surface area (Å²) in [4.78, 5) is 4.32. The van der Waals surface area contributed by atoms with Crippen LogP contribution in [0.4, 0.5) is 4.39 Å². The van der Waals surface area contributed by atoms with Crippen molar-refractivity contribution >= 4 is 5.96 Å². The van der Waals surface area contributed by atoms with Crippen LogP contribution in [0, 0.1) is 19.7 Å². The van der Waals surface area contributed by atoms with Crippen molar-refractivity contribution in [2.45, 2.75) is 52.5 Å². The molecule has 2 rings (SSSR count). The van der Waals surface area contributed by atoms with Crippen LogP contribution in [0.25, 0.3) is 0 Å². The second kappa shape index (κ2) is 8.55. The Kier molecular flexibility index (Phi) is 6.63. The zero-order valence-corrected chi connectivity index (χ0v) is 17.5. The fourth-order valence-electron chi connectivity index (χ4n) is 3.31. The van der Waals surface area contributed by atoms with E-state index in [9.17, 15) is 4.39 Å². The van der Waals surface area contributed by atoms with Gasteiger partial charge < -0.3 is 10.6 Å². The number of aliphatic imine (C=N–C) groups is 1. The summed E-state index contributed by atoms with van der Waals surface area (Å²) in [5, 5.41) is 11.2. The van der Waals surface area contributed by atoms with Gasteiger partial charge in [0, 0.05) is 37.8 Å². The Morgan fingerprint density at radius 2 is 1.96 bits per heavy atom. The highest BCUT2D eigenvalue weighted by atomic mass is 19.1. The minimum Gasteiger partial charge on any atom is -0.356 e. The summed E-state index contributed by atoms with van der Waals surface area (Å²) in [7, 11) is 3.72. The molecule has 1 heterocycles. The molecule has 5 nitrogen and oxygen atoms in total. The Morgan fingerprint density at radius 3 is 2.52 bits per heavy atom. The molecule has 1 unspecified atom stereocenters. The van der Waals surface area contributed by atoms with Crippen LogP contribution in [-0.2, 0) is 18.9 Å². The van der Waals surface area contributed by atoms with Crippen molar-refractivity contribution < 1.29 is 4.39 Å². The zero-order chi connectivity index (χ0) is 20.2. The van der Waals surface area contributed by atoms with E-state index in [2.05, 4.69) is 34.6 Å². The summed E-state index contributed by atoms with van der Waals surface area (Å²) < 4.78 is 16.1. The fraction of sp³-hybridized carbons (Fsp3) is 0.524. The van der Waals surface area contributed by atoms with E-state index in [1.807, 2.05) is 44.6 Å². The van der Waals surface area contributed by atoms with Crippen molar-refractivity contribution in [3.8, 4) is 0 Å². The molecule has 0 aliphatic carbocycles. The molecule has 148 valence electrons. The Bertz CT molecular complexity index is 807. The maximum atomic E-state index is 14.1. The SMILES string of the molecule is CN=C(NCC(C)(C)c1ccccc1F)NC(C)Cc1c(C)nn(C)c1C. The fourth-order valence-corrected chi connectivity index (χ4v) is 3.31. The van der Waals surface area contributed by atoms with Gasteiger partial charge in [0.05, 0.1) is 5.69 Å². The van der Waals surface area contributed by atoms with E-state index in [-0.39, 0.29) is 17.3 Å². The lowest BCUT2D eigenvalue weighted by atomic mass is 9.84. The number of nitrogens with one attached hydrogen (secondary N) is 2. The molecule has 0 aliphatic rings. The zero-order valence-electron chi connectivity index (χ0n) is 17.5. The van der Waals surface area contributed by atoms with Crippen LogP contribution in [-0.4, -0.2) is 35.4 Å². The molecule has 0 spiro atoms. The Labute approximate surface area is 162 Å². The quantitative estimate of drug-likeness (QED) is 0.604. The van der Waals surface area contributed by atoms with Crippen molar-refractivity contribution in [2.75, 3.05) is 13.6 Å². The molecule has 0 saturated heterocycles. The largest absolute Gasteiger partial charge is 0.356 e. The number of hydrogen-bond acceptors (Lipinski definition) is 2. The number of rotatable bonds is 6. The van der Waals surface area contributed by atoms with E-state index >= 15 is 0 Å². The van der Waals surface area contributed by atoms with Gasteiger partial charge in [0.2, 0.25) is 0 Å². The van der Waals surface area contributed by atoms with Crippen molar-refractivity contribution in [2.24, 2.45) is 12.0 Å². The number of benzene rings is 1. The van der Waals surface area contributed by atoms with Crippen LogP contribution in [0.5, 0.6) is 0 Å². The average molecular weight is 374 g/mol. The smallest absolute Gasteiger partial charge is 0.191 e. The first kappa shape index (κ1) is 20.9. The van der Waals surface area contributed by atoms with Crippen LogP contribution in [0.1, 0.15) is 43.3 Å².